The number of aliphatic hydroxyl groups is 1. The van der Waals surface area contributed by atoms with Gasteiger partial charge in [0, 0.05) is 55.2 Å². The van der Waals surface area contributed by atoms with Gasteiger partial charge in [0.2, 0.25) is 5.91 Å². The van der Waals surface area contributed by atoms with E-state index in [1.165, 1.54) is 0 Å². The molecule has 6 nitrogen and oxygen atoms in total. The zero-order valence-electron chi connectivity index (χ0n) is 19.3. The number of anilines is 1. The molecule has 34 heavy (non-hydrogen) atoms. The lowest BCUT2D eigenvalue weighted by molar-refractivity contribution is -0.178. The Labute approximate surface area is 197 Å². The zero-order valence-corrected chi connectivity index (χ0v) is 19.3. The molecule has 9 heteroatoms. The summed E-state index contributed by atoms with van der Waals surface area (Å²) in [4.78, 5) is 22.9. The van der Waals surface area contributed by atoms with E-state index in [1.807, 2.05) is 6.07 Å². The van der Waals surface area contributed by atoms with E-state index in [4.69, 9.17) is 0 Å². The topological polar surface area (TPSA) is 77.8 Å². The van der Waals surface area contributed by atoms with E-state index >= 15 is 0 Å². The van der Waals surface area contributed by atoms with Gasteiger partial charge in [-0.15, -0.1) is 0 Å². The second-order valence-corrected chi connectivity index (χ2v) is 9.57. The molecule has 1 saturated heterocycles. The number of carbonyl (C=O) groups is 1. The van der Waals surface area contributed by atoms with Crippen LogP contribution in [0.1, 0.15) is 50.5 Å². The minimum Gasteiger partial charge on any atom is -0.389 e. The molecule has 1 aromatic heterocycles. The molecule has 1 amide bonds. The average Bonchev–Trinajstić information content (AvgIpc) is 2.78. The van der Waals surface area contributed by atoms with Gasteiger partial charge in [-0.05, 0) is 43.5 Å². The third-order valence-corrected chi connectivity index (χ3v) is 6.94. The molecule has 1 aliphatic carbocycles. The van der Waals surface area contributed by atoms with Crippen LogP contribution < -0.4 is 10.2 Å². The number of amides is 1. The van der Waals surface area contributed by atoms with Crippen molar-refractivity contribution in [3.05, 3.63) is 36.0 Å². The zero-order chi connectivity index (χ0) is 24.3. The van der Waals surface area contributed by atoms with Crippen molar-refractivity contribution >= 4 is 28.7 Å². The summed E-state index contributed by atoms with van der Waals surface area (Å²) in [6.07, 6.45) is 2.53. The predicted molar refractivity (Wildman–Crippen MR) is 126 cm³/mol. The molecule has 2 unspecified atom stereocenters. The second-order valence-electron chi connectivity index (χ2n) is 9.57. The number of aromatic nitrogens is 1. The molecule has 2 aromatic rings. The number of rotatable bonds is 5. The maximum absolute atomic E-state index is 13.8. The third-order valence-electron chi connectivity index (χ3n) is 6.94. The SMILES string of the molecule is C/N=C\c1ccc(N2CC(NC(=O)CC3(O)CCCCC3)CC(C(F)(F)F)C2)c2cccnc12. The van der Waals surface area contributed by atoms with Crippen molar-refractivity contribution < 1.29 is 23.1 Å². The molecule has 0 spiro atoms. The smallest absolute Gasteiger partial charge is 0.389 e. The van der Waals surface area contributed by atoms with Crippen LogP contribution in [0.5, 0.6) is 0 Å². The molecule has 2 heterocycles. The minimum atomic E-state index is -4.38. The molecule has 184 valence electrons. The Balaban J connectivity index is 1.58. The van der Waals surface area contributed by atoms with Gasteiger partial charge in [-0.25, -0.2) is 0 Å². The lowest BCUT2D eigenvalue weighted by Gasteiger charge is -2.41. The number of benzene rings is 1. The first-order valence-corrected chi connectivity index (χ1v) is 11.8. The van der Waals surface area contributed by atoms with E-state index in [2.05, 4.69) is 15.3 Å². The molecule has 1 aromatic carbocycles. The van der Waals surface area contributed by atoms with E-state index in [1.54, 1.807) is 42.6 Å². The van der Waals surface area contributed by atoms with Crippen molar-refractivity contribution in [2.24, 2.45) is 10.9 Å². The van der Waals surface area contributed by atoms with Crippen LogP contribution >= 0.6 is 0 Å². The lowest BCUT2D eigenvalue weighted by Crippen LogP contribution is -2.54. The summed E-state index contributed by atoms with van der Waals surface area (Å²) in [6.45, 7) is 0.0625. The van der Waals surface area contributed by atoms with Gasteiger partial charge in [-0.3, -0.25) is 14.8 Å². The van der Waals surface area contributed by atoms with E-state index in [-0.39, 0.29) is 25.9 Å². The molecular weight excluding hydrogens is 445 g/mol. The predicted octanol–water partition coefficient (Wildman–Crippen LogP) is 4.24. The number of hydrogen-bond donors (Lipinski definition) is 2. The van der Waals surface area contributed by atoms with Crippen LogP contribution in [-0.4, -0.2) is 60.2 Å². The molecule has 4 rings (SSSR count). The number of fused-ring (bicyclic) bond motifs is 1. The molecule has 2 aliphatic rings. The Morgan fingerprint density at radius 1 is 1.26 bits per heavy atom. The van der Waals surface area contributed by atoms with Crippen molar-refractivity contribution in [3.63, 3.8) is 0 Å². The Morgan fingerprint density at radius 2 is 2.03 bits per heavy atom. The van der Waals surface area contributed by atoms with Gasteiger partial charge in [-0.2, -0.15) is 13.2 Å². The van der Waals surface area contributed by atoms with Gasteiger partial charge >= 0.3 is 6.18 Å². The number of carbonyl (C=O) groups excluding carboxylic acids is 1. The van der Waals surface area contributed by atoms with Gasteiger partial charge < -0.3 is 15.3 Å². The van der Waals surface area contributed by atoms with Crippen molar-refractivity contribution in [2.75, 3.05) is 25.0 Å². The van der Waals surface area contributed by atoms with Gasteiger partial charge in [0.1, 0.15) is 0 Å². The van der Waals surface area contributed by atoms with Crippen LogP contribution in [-0.2, 0) is 4.79 Å². The first-order chi connectivity index (χ1) is 16.2. The monoisotopic (exact) mass is 476 g/mol. The highest BCUT2D eigenvalue weighted by molar-refractivity contribution is 6.03. The van der Waals surface area contributed by atoms with Crippen molar-refractivity contribution in [1.82, 2.24) is 10.3 Å². The fourth-order valence-electron chi connectivity index (χ4n) is 5.30. The van der Waals surface area contributed by atoms with Crippen LogP contribution in [0.4, 0.5) is 18.9 Å². The highest BCUT2D eigenvalue weighted by atomic mass is 19.4. The molecule has 1 saturated carbocycles. The van der Waals surface area contributed by atoms with Crippen LogP contribution in [0.3, 0.4) is 0 Å². The van der Waals surface area contributed by atoms with E-state index in [9.17, 15) is 23.1 Å². The number of pyridine rings is 1. The largest absolute Gasteiger partial charge is 0.393 e. The lowest BCUT2D eigenvalue weighted by atomic mass is 9.82. The maximum Gasteiger partial charge on any atom is 0.393 e. The number of aliphatic imine (C=N–C) groups is 1. The highest BCUT2D eigenvalue weighted by Crippen LogP contribution is 2.37. The fraction of sp³-hybridized carbons (Fsp3) is 0.560. The highest BCUT2D eigenvalue weighted by Gasteiger charge is 2.45. The summed E-state index contributed by atoms with van der Waals surface area (Å²) < 4.78 is 41.5. The van der Waals surface area contributed by atoms with Crippen LogP contribution in [0.15, 0.2) is 35.5 Å². The van der Waals surface area contributed by atoms with Gasteiger partial charge in [0.15, 0.2) is 0 Å². The summed E-state index contributed by atoms with van der Waals surface area (Å²) in [6, 6.07) is 6.52. The minimum absolute atomic E-state index is 0.0713. The number of nitrogens with zero attached hydrogens (tertiary/aromatic N) is 3. The molecular formula is C25H31F3N4O2. The fourth-order valence-corrected chi connectivity index (χ4v) is 5.30. The van der Waals surface area contributed by atoms with Crippen molar-refractivity contribution in [3.8, 4) is 0 Å². The molecule has 2 atom stereocenters. The van der Waals surface area contributed by atoms with Gasteiger partial charge in [0.25, 0.3) is 0 Å². The number of nitrogens with one attached hydrogen (secondary N) is 1. The Hall–Kier alpha value is -2.68. The third kappa shape index (κ3) is 5.51. The number of hydrogen-bond acceptors (Lipinski definition) is 5. The summed E-state index contributed by atoms with van der Waals surface area (Å²) in [7, 11) is 1.65. The van der Waals surface area contributed by atoms with Crippen LogP contribution in [0, 0.1) is 5.92 Å². The van der Waals surface area contributed by atoms with Crippen LogP contribution in [0.2, 0.25) is 0 Å². The first kappa shape index (κ1) is 24.4. The Kier molecular flexibility index (Phi) is 7.12. The number of piperidine rings is 1. The Bertz CT molecular complexity index is 1050. The normalized spacial score (nSPS) is 23.4. The number of alkyl halides is 3. The van der Waals surface area contributed by atoms with E-state index in [0.717, 1.165) is 30.2 Å². The standard InChI is InChI=1S/C25H31F3N4O2/c1-29-14-17-7-8-21(20-6-5-11-30-23(17)20)32-15-18(25(26,27)28)12-19(16-32)31-22(33)13-24(34)9-3-2-4-10-24/h5-8,11,14,18-19,34H,2-4,9-10,12-13,15-16H2,1H3,(H,31,33)/b29-14-. The van der Waals surface area contributed by atoms with Crippen molar-refractivity contribution in [2.45, 2.75) is 62.8 Å². The van der Waals surface area contributed by atoms with Crippen LogP contribution in [0.25, 0.3) is 10.9 Å². The summed E-state index contributed by atoms with van der Waals surface area (Å²) in [5.74, 6) is -1.97. The average molecular weight is 477 g/mol. The summed E-state index contributed by atoms with van der Waals surface area (Å²) >= 11 is 0. The summed E-state index contributed by atoms with van der Waals surface area (Å²) in [5.41, 5.74) is 1.05. The molecule has 2 N–H and O–H groups in total. The molecule has 1 aliphatic heterocycles. The van der Waals surface area contributed by atoms with E-state index < -0.39 is 29.6 Å². The van der Waals surface area contributed by atoms with Gasteiger partial charge in [-0.1, -0.05) is 19.3 Å². The molecule has 2 fully saturated rings. The quantitative estimate of drug-likeness (QED) is 0.633. The molecule has 0 radical (unpaired) electrons. The van der Waals surface area contributed by atoms with Gasteiger partial charge in [0.05, 0.1) is 23.5 Å². The Morgan fingerprint density at radius 3 is 2.74 bits per heavy atom. The molecule has 0 bridgehead atoms. The first-order valence-electron chi connectivity index (χ1n) is 11.8. The van der Waals surface area contributed by atoms with E-state index in [0.29, 0.717) is 24.0 Å². The summed E-state index contributed by atoms with van der Waals surface area (Å²) in [5, 5.41) is 14.2. The number of halogens is 3. The maximum atomic E-state index is 13.8. The van der Waals surface area contributed by atoms with Crippen molar-refractivity contribution in [1.29, 1.82) is 0 Å². The second kappa shape index (κ2) is 9.90.